The van der Waals surface area contributed by atoms with Crippen LogP contribution in [0.25, 0.3) is 0 Å². The molecule has 1 amide bonds. The standard InChI is InChI=1S/C23H30N2O3S/c1-18-10-7-8-11-20(18)17-24(2)23(26)19-12-9-15-22(16-19)29(27,28)25(3)21-13-5-4-6-14-21/h7-12,15-16,21H,4-6,13-14,17H2,1-3H3. The van der Waals surface area contributed by atoms with Crippen LogP contribution in [0.1, 0.15) is 53.6 Å². The molecule has 0 aromatic heterocycles. The Labute approximate surface area is 174 Å². The lowest BCUT2D eigenvalue weighted by molar-refractivity contribution is 0.0784. The van der Waals surface area contributed by atoms with Gasteiger partial charge in [0.05, 0.1) is 4.90 Å². The van der Waals surface area contributed by atoms with Crippen LogP contribution in [0.15, 0.2) is 53.4 Å². The molecule has 1 fully saturated rings. The van der Waals surface area contributed by atoms with Crippen molar-refractivity contribution in [3.8, 4) is 0 Å². The molecule has 2 aromatic rings. The number of rotatable bonds is 6. The largest absolute Gasteiger partial charge is 0.337 e. The van der Waals surface area contributed by atoms with E-state index in [0.717, 1.165) is 36.8 Å². The average Bonchev–Trinajstić information content (AvgIpc) is 2.75. The molecule has 0 saturated heterocycles. The number of carbonyl (C=O) groups excluding carboxylic acids is 1. The highest BCUT2D eigenvalue weighted by atomic mass is 32.2. The van der Waals surface area contributed by atoms with Gasteiger partial charge in [-0.3, -0.25) is 4.79 Å². The second kappa shape index (κ2) is 9.09. The van der Waals surface area contributed by atoms with Gasteiger partial charge in [0.25, 0.3) is 5.91 Å². The molecule has 1 aliphatic rings. The maximum Gasteiger partial charge on any atom is 0.253 e. The monoisotopic (exact) mass is 414 g/mol. The smallest absolute Gasteiger partial charge is 0.253 e. The van der Waals surface area contributed by atoms with E-state index in [0.29, 0.717) is 12.1 Å². The topological polar surface area (TPSA) is 57.7 Å². The van der Waals surface area contributed by atoms with E-state index >= 15 is 0 Å². The molecule has 5 nitrogen and oxygen atoms in total. The van der Waals surface area contributed by atoms with Crippen molar-refractivity contribution < 1.29 is 13.2 Å². The van der Waals surface area contributed by atoms with Crippen molar-refractivity contribution in [2.24, 2.45) is 0 Å². The van der Waals surface area contributed by atoms with E-state index in [9.17, 15) is 13.2 Å². The molecule has 0 atom stereocenters. The summed E-state index contributed by atoms with van der Waals surface area (Å²) >= 11 is 0. The predicted molar refractivity (Wildman–Crippen MR) is 115 cm³/mol. The Hall–Kier alpha value is -2.18. The van der Waals surface area contributed by atoms with E-state index in [1.807, 2.05) is 31.2 Å². The molecular weight excluding hydrogens is 384 g/mol. The molecule has 0 unspecified atom stereocenters. The van der Waals surface area contributed by atoms with Gasteiger partial charge in [0.15, 0.2) is 0 Å². The van der Waals surface area contributed by atoms with Gasteiger partial charge in [-0.2, -0.15) is 4.31 Å². The van der Waals surface area contributed by atoms with Crippen LogP contribution in [0.4, 0.5) is 0 Å². The van der Waals surface area contributed by atoms with Crippen molar-refractivity contribution >= 4 is 15.9 Å². The van der Waals surface area contributed by atoms with E-state index in [2.05, 4.69) is 0 Å². The Morgan fingerprint density at radius 2 is 1.69 bits per heavy atom. The quantitative estimate of drug-likeness (QED) is 0.711. The molecule has 0 spiro atoms. The first-order valence-electron chi connectivity index (χ1n) is 10.2. The van der Waals surface area contributed by atoms with Gasteiger partial charge in [-0.1, -0.05) is 49.6 Å². The molecule has 156 valence electrons. The van der Waals surface area contributed by atoms with Gasteiger partial charge in [0.2, 0.25) is 10.0 Å². The van der Waals surface area contributed by atoms with Gasteiger partial charge in [0.1, 0.15) is 0 Å². The molecule has 0 N–H and O–H groups in total. The zero-order valence-corrected chi connectivity index (χ0v) is 18.3. The van der Waals surface area contributed by atoms with E-state index in [-0.39, 0.29) is 16.8 Å². The van der Waals surface area contributed by atoms with E-state index in [1.54, 1.807) is 37.2 Å². The maximum atomic E-state index is 13.1. The first-order chi connectivity index (χ1) is 13.8. The number of hydrogen-bond donors (Lipinski definition) is 0. The fourth-order valence-electron chi connectivity index (χ4n) is 3.93. The molecule has 6 heteroatoms. The molecule has 0 heterocycles. The lowest BCUT2D eigenvalue weighted by atomic mass is 9.96. The fourth-order valence-corrected chi connectivity index (χ4v) is 5.39. The molecule has 1 saturated carbocycles. The van der Waals surface area contributed by atoms with E-state index in [1.165, 1.54) is 16.8 Å². The minimum Gasteiger partial charge on any atom is -0.337 e. The van der Waals surface area contributed by atoms with Crippen LogP contribution in [0, 0.1) is 6.92 Å². The summed E-state index contributed by atoms with van der Waals surface area (Å²) in [5.74, 6) is -0.189. The van der Waals surface area contributed by atoms with Crippen molar-refractivity contribution in [3.63, 3.8) is 0 Å². The van der Waals surface area contributed by atoms with Gasteiger partial charge in [-0.25, -0.2) is 8.42 Å². The maximum absolute atomic E-state index is 13.1. The lowest BCUT2D eigenvalue weighted by Crippen LogP contribution is -2.38. The third-order valence-electron chi connectivity index (χ3n) is 5.86. The van der Waals surface area contributed by atoms with E-state index < -0.39 is 10.0 Å². The number of hydrogen-bond acceptors (Lipinski definition) is 3. The molecule has 29 heavy (non-hydrogen) atoms. The van der Waals surface area contributed by atoms with Crippen LogP contribution in [0.5, 0.6) is 0 Å². The Morgan fingerprint density at radius 1 is 1.00 bits per heavy atom. The van der Waals surface area contributed by atoms with Gasteiger partial charge >= 0.3 is 0 Å². The molecule has 0 radical (unpaired) electrons. The summed E-state index contributed by atoms with van der Waals surface area (Å²) in [6, 6.07) is 14.4. The second-order valence-electron chi connectivity index (χ2n) is 7.93. The molecule has 0 bridgehead atoms. The average molecular weight is 415 g/mol. The van der Waals surface area contributed by atoms with Gasteiger partial charge in [0, 0.05) is 32.2 Å². The third-order valence-corrected chi connectivity index (χ3v) is 7.77. The molecule has 1 aliphatic carbocycles. The van der Waals surface area contributed by atoms with Crippen LogP contribution < -0.4 is 0 Å². The number of carbonyl (C=O) groups is 1. The second-order valence-corrected chi connectivity index (χ2v) is 9.93. The van der Waals surface area contributed by atoms with Crippen molar-refractivity contribution in [1.29, 1.82) is 0 Å². The van der Waals surface area contributed by atoms with Crippen LogP contribution >= 0.6 is 0 Å². The first kappa shape index (κ1) is 21.5. The number of amides is 1. The van der Waals surface area contributed by atoms with Crippen LogP contribution in [-0.2, 0) is 16.6 Å². The highest BCUT2D eigenvalue weighted by Gasteiger charge is 2.29. The number of nitrogens with zero attached hydrogens (tertiary/aromatic N) is 2. The Morgan fingerprint density at radius 3 is 2.38 bits per heavy atom. The SMILES string of the molecule is Cc1ccccc1CN(C)C(=O)c1cccc(S(=O)(=O)N(C)C2CCCCC2)c1. The minimum atomic E-state index is -3.62. The van der Waals surface area contributed by atoms with Crippen LogP contribution in [0.2, 0.25) is 0 Å². The minimum absolute atomic E-state index is 0.0387. The van der Waals surface area contributed by atoms with Crippen molar-refractivity contribution in [3.05, 3.63) is 65.2 Å². The Bertz CT molecular complexity index is 966. The molecule has 2 aromatic carbocycles. The fraction of sp³-hybridized carbons (Fsp3) is 0.435. The third kappa shape index (κ3) is 4.87. The normalized spacial score (nSPS) is 15.4. The van der Waals surface area contributed by atoms with Crippen molar-refractivity contribution in [1.82, 2.24) is 9.21 Å². The van der Waals surface area contributed by atoms with Crippen LogP contribution in [0.3, 0.4) is 0 Å². The van der Waals surface area contributed by atoms with Crippen molar-refractivity contribution in [2.45, 2.75) is 56.5 Å². The van der Waals surface area contributed by atoms with Crippen LogP contribution in [-0.4, -0.2) is 43.7 Å². The lowest BCUT2D eigenvalue weighted by Gasteiger charge is -2.30. The van der Waals surface area contributed by atoms with Gasteiger partial charge in [-0.15, -0.1) is 0 Å². The summed E-state index contributed by atoms with van der Waals surface area (Å²) < 4.78 is 27.7. The number of aryl methyl sites for hydroxylation is 1. The zero-order chi connectivity index (χ0) is 21.0. The molecule has 0 aliphatic heterocycles. The van der Waals surface area contributed by atoms with Gasteiger partial charge in [-0.05, 0) is 49.1 Å². The first-order valence-corrected chi connectivity index (χ1v) is 11.6. The molecule has 3 rings (SSSR count). The summed E-state index contributed by atoms with van der Waals surface area (Å²) in [6.07, 6.45) is 5.09. The number of benzene rings is 2. The Balaban J connectivity index is 1.79. The van der Waals surface area contributed by atoms with Crippen molar-refractivity contribution in [2.75, 3.05) is 14.1 Å². The summed E-state index contributed by atoms with van der Waals surface area (Å²) in [5.41, 5.74) is 2.58. The Kier molecular flexibility index (Phi) is 6.75. The van der Waals surface area contributed by atoms with E-state index in [4.69, 9.17) is 0 Å². The summed E-state index contributed by atoms with van der Waals surface area (Å²) in [6.45, 7) is 2.49. The zero-order valence-electron chi connectivity index (χ0n) is 17.5. The highest BCUT2D eigenvalue weighted by molar-refractivity contribution is 7.89. The summed E-state index contributed by atoms with van der Waals surface area (Å²) in [4.78, 5) is 14.7. The summed E-state index contributed by atoms with van der Waals surface area (Å²) in [5, 5.41) is 0. The highest BCUT2D eigenvalue weighted by Crippen LogP contribution is 2.27. The number of sulfonamides is 1. The summed E-state index contributed by atoms with van der Waals surface area (Å²) in [7, 11) is -0.226. The predicted octanol–water partition coefficient (Wildman–Crippen LogP) is 4.22. The van der Waals surface area contributed by atoms with Gasteiger partial charge < -0.3 is 4.90 Å². The molecular formula is C23H30N2O3S.